The number of carbonyl (C=O) groups excluding carboxylic acids is 1. The molecule has 0 saturated carbocycles. The fourth-order valence-corrected chi connectivity index (χ4v) is 2.18. The molecular weight excluding hydrogens is 325 g/mol. The molecule has 0 aliphatic heterocycles. The average molecular weight is 340 g/mol. The second kappa shape index (κ2) is 6.65. The molecule has 0 aliphatic carbocycles. The van der Waals surface area contributed by atoms with Crippen LogP contribution in [0.1, 0.15) is 25.3 Å². The van der Waals surface area contributed by atoms with E-state index in [0.717, 1.165) is 16.5 Å². The van der Waals surface area contributed by atoms with E-state index in [1.165, 1.54) is 12.1 Å². The van der Waals surface area contributed by atoms with Crippen LogP contribution in [0.15, 0.2) is 34.9 Å². The van der Waals surface area contributed by atoms with E-state index in [1.54, 1.807) is 23.0 Å². The summed E-state index contributed by atoms with van der Waals surface area (Å²) in [6.45, 7) is 2.46. The summed E-state index contributed by atoms with van der Waals surface area (Å²) < 4.78 is 15.3. The first-order chi connectivity index (χ1) is 9.58. The fourth-order valence-electron chi connectivity index (χ4n) is 1.76. The molecule has 2 rings (SSSR count). The first-order valence-electron chi connectivity index (χ1n) is 6.35. The van der Waals surface area contributed by atoms with E-state index in [1.807, 2.05) is 6.92 Å². The second-order valence-electron chi connectivity index (χ2n) is 4.45. The van der Waals surface area contributed by atoms with Gasteiger partial charge in [-0.25, -0.2) is 4.39 Å². The highest BCUT2D eigenvalue weighted by Crippen LogP contribution is 2.21. The van der Waals surface area contributed by atoms with Gasteiger partial charge >= 0.3 is 0 Å². The molecule has 1 amide bonds. The van der Waals surface area contributed by atoms with E-state index in [-0.39, 0.29) is 11.7 Å². The van der Waals surface area contributed by atoms with Crippen LogP contribution in [0.5, 0.6) is 0 Å². The zero-order valence-corrected chi connectivity index (χ0v) is 12.7. The van der Waals surface area contributed by atoms with Crippen molar-refractivity contribution in [2.45, 2.75) is 26.3 Å². The van der Waals surface area contributed by atoms with Crippen LogP contribution in [0.2, 0.25) is 0 Å². The topological polar surface area (TPSA) is 46.9 Å². The second-order valence-corrected chi connectivity index (χ2v) is 5.30. The quantitative estimate of drug-likeness (QED) is 0.905. The smallest absolute Gasteiger partial charge is 0.225 e. The molecule has 0 spiro atoms. The Hall–Kier alpha value is -1.69. The third-order valence-corrected chi connectivity index (χ3v) is 3.29. The molecule has 1 aromatic carbocycles. The van der Waals surface area contributed by atoms with Gasteiger partial charge in [0.25, 0.3) is 0 Å². The normalized spacial score (nSPS) is 10.6. The van der Waals surface area contributed by atoms with Crippen molar-refractivity contribution in [3.8, 4) is 0 Å². The molecule has 0 radical (unpaired) electrons. The summed E-state index contributed by atoms with van der Waals surface area (Å²) in [7, 11) is 0. The summed E-state index contributed by atoms with van der Waals surface area (Å²) in [5.74, 6) is 0.189. The summed E-state index contributed by atoms with van der Waals surface area (Å²) in [6.07, 6.45) is 3.04. The maximum Gasteiger partial charge on any atom is 0.225 e. The monoisotopic (exact) mass is 339 g/mol. The first kappa shape index (κ1) is 14.7. The maximum atomic E-state index is 12.8. The molecule has 6 heteroatoms. The highest BCUT2D eigenvalue weighted by Gasteiger charge is 2.10. The molecule has 4 nitrogen and oxygen atoms in total. The molecule has 0 saturated heterocycles. The van der Waals surface area contributed by atoms with E-state index in [4.69, 9.17) is 0 Å². The number of aromatic nitrogens is 2. The van der Waals surface area contributed by atoms with Gasteiger partial charge in [0.2, 0.25) is 5.91 Å². The number of amides is 1. The highest BCUT2D eigenvalue weighted by atomic mass is 79.9. The zero-order valence-electron chi connectivity index (χ0n) is 11.1. The van der Waals surface area contributed by atoms with Crippen molar-refractivity contribution in [3.63, 3.8) is 0 Å². The maximum absolute atomic E-state index is 12.8. The number of hydrogen-bond acceptors (Lipinski definition) is 2. The molecule has 0 unspecified atom stereocenters. The minimum absolute atomic E-state index is 0.0553. The Balaban J connectivity index is 2.06. The van der Waals surface area contributed by atoms with Crippen LogP contribution in [-0.2, 0) is 11.3 Å². The van der Waals surface area contributed by atoms with Crippen LogP contribution in [0, 0.1) is 5.82 Å². The van der Waals surface area contributed by atoms with Crippen molar-refractivity contribution < 1.29 is 9.18 Å². The molecule has 1 heterocycles. The summed E-state index contributed by atoms with van der Waals surface area (Å²) in [4.78, 5) is 11.5. The van der Waals surface area contributed by atoms with Crippen LogP contribution >= 0.6 is 15.9 Å². The van der Waals surface area contributed by atoms with E-state index in [0.29, 0.717) is 18.8 Å². The van der Waals surface area contributed by atoms with Crippen LogP contribution in [0.3, 0.4) is 0 Å². The Bertz CT molecular complexity index is 595. The lowest BCUT2D eigenvalue weighted by Gasteiger charge is -2.02. The predicted molar refractivity (Wildman–Crippen MR) is 79.0 cm³/mol. The van der Waals surface area contributed by atoms with Crippen molar-refractivity contribution in [2.75, 3.05) is 5.32 Å². The molecule has 20 heavy (non-hydrogen) atoms. The van der Waals surface area contributed by atoms with Gasteiger partial charge in [-0.05, 0) is 40.0 Å². The van der Waals surface area contributed by atoms with Gasteiger partial charge in [-0.15, -0.1) is 0 Å². The predicted octanol–water partition coefficient (Wildman–Crippen LogP) is 3.57. The minimum atomic E-state index is -0.261. The Morgan fingerprint density at radius 3 is 2.75 bits per heavy atom. The lowest BCUT2D eigenvalue weighted by atomic mass is 10.2. The highest BCUT2D eigenvalue weighted by molar-refractivity contribution is 9.10. The van der Waals surface area contributed by atoms with E-state index >= 15 is 0 Å². The van der Waals surface area contributed by atoms with Gasteiger partial charge in [-0.1, -0.05) is 19.1 Å². The lowest BCUT2D eigenvalue weighted by Crippen LogP contribution is -2.12. The Kier molecular flexibility index (Phi) is 4.89. The third kappa shape index (κ3) is 3.90. The number of rotatable bonds is 5. The molecule has 1 N–H and O–H groups in total. The van der Waals surface area contributed by atoms with Gasteiger partial charge in [-0.2, -0.15) is 5.10 Å². The Morgan fingerprint density at radius 2 is 2.10 bits per heavy atom. The molecule has 0 fully saturated rings. The molecule has 0 atom stereocenters. The number of nitrogens with zero attached hydrogens (tertiary/aromatic N) is 2. The molecule has 106 valence electrons. The summed E-state index contributed by atoms with van der Waals surface area (Å²) in [6, 6.07) is 6.25. The van der Waals surface area contributed by atoms with Crippen molar-refractivity contribution in [2.24, 2.45) is 0 Å². The zero-order chi connectivity index (χ0) is 14.5. The number of anilines is 1. The van der Waals surface area contributed by atoms with Crippen LogP contribution < -0.4 is 5.32 Å². The summed E-state index contributed by atoms with van der Waals surface area (Å²) >= 11 is 3.36. The standard InChI is InChI=1S/C14H15BrFN3O/c1-2-3-13(20)17-14-12(15)9-19(18-14)8-10-4-6-11(16)7-5-10/h4-7,9H,2-3,8H2,1H3,(H,17,18,20). The molecule has 0 bridgehead atoms. The van der Waals surface area contributed by atoms with Gasteiger partial charge in [0.1, 0.15) is 5.82 Å². The fraction of sp³-hybridized carbons (Fsp3) is 0.286. The van der Waals surface area contributed by atoms with Gasteiger partial charge in [0, 0.05) is 12.6 Å². The first-order valence-corrected chi connectivity index (χ1v) is 7.15. The van der Waals surface area contributed by atoms with Gasteiger partial charge < -0.3 is 5.32 Å². The summed E-state index contributed by atoms with van der Waals surface area (Å²) in [5, 5.41) is 7.04. The number of benzene rings is 1. The number of hydrogen-bond donors (Lipinski definition) is 1. The number of carbonyl (C=O) groups is 1. The van der Waals surface area contributed by atoms with Crippen molar-refractivity contribution in [3.05, 3.63) is 46.3 Å². The van der Waals surface area contributed by atoms with Crippen LogP contribution in [0.4, 0.5) is 10.2 Å². The largest absolute Gasteiger partial charge is 0.308 e. The molecule has 0 aliphatic rings. The van der Waals surface area contributed by atoms with E-state index < -0.39 is 0 Å². The molecular formula is C14H15BrFN3O. The van der Waals surface area contributed by atoms with Gasteiger partial charge in [-0.3, -0.25) is 9.48 Å². The van der Waals surface area contributed by atoms with Crippen LogP contribution in [0.25, 0.3) is 0 Å². The Morgan fingerprint density at radius 1 is 1.40 bits per heavy atom. The number of halogens is 2. The lowest BCUT2D eigenvalue weighted by molar-refractivity contribution is -0.116. The average Bonchev–Trinajstić information content (AvgIpc) is 2.73. The van der Waals surface area contributed by atoms with Crippen molar-refractivity contribution in [1.82, 2.24) is 9.78 Å². The summed E-state index contributed by atoms with van der Waals surface area (Å²) in [5.41, 5.74) is 0.938. The van der Waals surface area contributed by atoms with Gasteiger partial charge in [0.15, 0.2) is 5.82 Å². The SMILES string of the molecule is CCCC(=O)Nc1nn(Cc2ccc(F)cc2)cc1Br. The van der Waals surface area contributed by atoms with Gasteiger partial charge in [0.05, 0.1) is 11.0 Å². The minimum Gasteiger partial charge on any atom is -0.308 e. The van der Waals surface area contributed by atoms with Crippen molar-refractivity contribution >= 4 is 27.7 Å². The van der Waals surface area contributed by atoms with E-state index in [2.05, 4.69) is 26.3 Å². The Labute approximate surface area is 125 Å². The van der Waals surface area contributed by atoms with E-state index in [9.17, 15) is 9.18 Å². The van der Waals surface area contributed by atoms with Crippen LogP contribution in [-0.4, -0.2) is 15.7 Å². The molecule has 2 aromatic rings. The molecule has 1 aromatic heterocycles. The number of nitrogens with one attached hydrogen (secondary N) is 1. The van der Waals surface area contributed by atoms with Crippen molar-refractivity contribution in [1.29, 1.82) is 0 Å². The third-order valence-electron chi connectivity index (χ3n) is 2.71.